The van der Waals surface area contributed by atoms with E-state index in [1.807, 2.05) is 36.7 Å². The quantitative estimate of drug-likeness (QED) is 0.654. The fraction of sp³-hybridized carbons (Fsp3) is 0.421. The van der Waals surface area contributed by atoms with Crippen molar-refractivity contribution >= 4 is 5.82 Å². The van der Waals surface area contributed by atoms with Crippen LogP contribution in [0.25, 0.3) is 11.4 Å². The van der Waals surface area contributed by atoms with Crippen molar-refractivity contribution in [2.75, 3.05) is 11.9 Å². The minimum atomic E-state index is 0.0927. The molecule has 0 fully saturated rings. The molecule has 0 aliphatic rings. The highest BCUT2D eigenvalue weighted by Gasteiger charge is 2.12. The van der Waals surface area contributed by atoms with E-state index in [-0.39, 0.29) is 6.04 Å². The second kappa shape index (κ2) is 8.57. The second-order valence-electron chi connectivity index (χ2n) is 7.06. The van der Waals surface area contributed by atoms with Gasteiger partial charge in [0, 0.05) is 18.3 Å². The van der Waals surface area contributed by atoms with Crippen molar-refractivity contribution in [1.82, 2.24) is 30.2 Å². The van der Waals surface area contributed by atoms with E-state index in [4.69, 9.17) is 4.74 Å². The number of nitrogens with one attached hydrogen (secondary N) is 1. The normalized spacial score (nSPS) is 12.2. The molecule has 27 heavy (non-hydrogen) atoms. The van der Waals surface area contributed by atoms with Crippen LogP contribution in [0.5, 0.6) is 5.75 Å². The van der Waals surface area contributed by atoms with Gasteiger partial charge >= 0.3 is 0 Å². The van der Waals surface area contributed by atoms with E-state index >= 15 is 0 Å². The number of rotatable bonds is 8. The zero-order valence-corrected chi connectivity index (χ0v) is 16.1. The third kappa shape index (κ3) is 5.22. The molecule has 0 aliphatic carbocycles. The summed E-state index contributed by atoms with van der Waals surface area (Å²) in [6.07, 6.45) is 3.22. The van der Waals surface area contributed by atoms with E-state index in [2.05, 4.69) is 50.7 Å². The lowest BCUT2D eigenvalue weighted by Gasteiger charge is -2.16. The molecule has 0 spiro atoms. The van der Waals surface area contributed by atoms with Crippen LogP contribution in [0.3, 0.4) is 0 Å². The lowest BCUT2D eigenvalue weighted by atomic mass is 10.1. The molecule has 0 bridgehead atoms. The Bertz CT molecular complexity index is 864. The Labute approximate surface area is 159 Å². The minimum Gasteiger partial charge on any atom is -0.491 e. The van der Waals surface area contributed by atoms with Gasteiger partial charge in [-0.1, -0.05) is 13.8 Å². The smallest absolute Gasteiger partial charge is 0.182 e. The molecular weight excluding hydrogens is 342 g/mol. The van der Waals surface area contributed by atoms with E-state index in [9.17, 15) is 0 Å². The van der Waals surface area contributed by atoms with Crippen LogP contribution in [0.1, 0.15) is 26.3 Å². The monoisotopic (exact) mass is 367 g/mol. The van der Waals surface area contributed by atoms with Gasteiger partial charge in [-0.25, -0.2) is 14.6 Å². The lowest BCUT2D eigenvalue weighted by Crippen LogP contribution is -2.24. The molecule has 0 saturated heterocycles. The van der Waals surface area contributed by atoms with Crippen molar-refractivity contribution < 1.29 is 4.74 Å². The highest BCUT2D eigenvalue weighted by atomic mass is 16.5. The molecule has 0 unspecified atom stereocenters. The van der Waals surface area contributed by atoms with Crippen molar-refractivity contribution in [1.29, 1.82) is 0 Å². The maximum absolute atomic E-state index is 6.00. The summed E-state index contributed by atoms with van der Waals surface area (Å²) in [5.74, 6) is 2.78. The molecule has 2 heterocycles. The van der Waals surface area contributed by atoms with Crippen LogP contribution in [0.2, 0.25) is 0 Å². The van der Waals surface area contributed by atoms with Crippen LogP contribution < -0.4 is 10.1 Å². The Kier molecular flexibility index (Phi) is 5.95. The number of nitrogens with zero attached hydrogens (tertiary/aromatic N) is 6. The van der Waals surface area contributed by atoms with Crippen LogP contribution >= 0.6 is 0 Å². The highest BCUT2D eigenvalue weighted by molar-refractivity contribution is 5.59. The van der Waals surface area contributed by atoms with Crippen molar-refractivity contribution in [2.24, 2.45) is 5.92 Å². The molecule has 0 radical (unpaired) electrons. The summed E-state index contributed by atoms with van der Waals surface area (Å²) in [6.45, 7) is 9.64. The first-order valence-corrected chi connectivity index (χ1v) is 9.05. The molecule has 0 amide bonds. The van der Waals surface area contributed by atoms with Gasteiger partial charge in [0.15, 0.2) is 5.82 Å². The molecule has 3 aromatic rings. The maximum Gasteiger partial charge on any atom is 0.182 e. The van der Waals surface area contributed by atoms with E-state index in [1.165, 1.54) is 6.33 Å². The molecule has 0 aliphatic heterocycles. The number of tetrazole rings is 1. The fourth-order valence-electron chi connectivity index (χ4n) is 2.73. The van der Waals surface area contributed by atoms with Crippen molar-refractivity contribution in [3.8, 4) is 17.1 Å². The van der Waals surface area contributed by atoms with Crippen molar-refractivity contribution in [3.63, 3.8) is 0 Å². The van der Waals surface area contributed by atoms with Crippen LogP contribution in [-0.2, 0) is 6.54 Å². The summed E-state index contributed by atoms with van der Waals surface area (Å²) in [5, 5.41) is 15.4. The highest BCUT2D eigenvalue weighted by Crippen LogP contribution is 2.25. The summed E-state index contributed by atoms with van der Waals surface area (Å²) < 4.78 is 7.83. The van der Waals surface area contributed by atoms with Crippen molar-refractivity contribution in [2.45, 2.75) is 40.3 Å². The number of benzene rings is 1. The molecule has 2 aromatic heterocycles. The Morgan fingerprint density at radius 1 is 1.19 bits per heavy atom. The Balaban J connectivity index is 1.69. The van der Waals surface area contributed by atoms with E-state index in [0.29, 0.717) is 12.5 Å². The third-order valence-corrected chi connectivity index (χ3v) is 3.86. The van der Waals surface area contributed by atoms with E-state index < -0.39 is 0 Å². The number of hydrogen-bond acceptors (Lipinski definition) is 7. The molecule has 1 N–H and O–H groups in total. The first-order chi connectivity index (χ1) is 13.0. The van der Waals surface area contributed by atoms with Crippen LogP contribution in [0.15, 0.2) is 36.8 Å². The number of ether oxygens (including phenoxy) is 1. The molecule has 8 heteroatoms. The van der Waals surface area contributed by atoms with Crippen molar-refractivity contribution in [3.05, 3.63) is 42.4 Å². The van der Waals surface area contributed by atoms with Gasteiger partial charge in [0.1, 0.15) is 24.5 Å². The van der Waals surface area contributed by atoms with Crippen LogP contribution in [0.4, 0.5) is 5.82 Å². The van der Waals surface area contributed by atoms with Crippen LogP contribution in [-0.4, -0.2) is 42.8 Å². The summed E-state index contributed by atoms with van der Waals surface area (Å²) in [6, 6.07) is 7.98. The molecule has 8 nitrogen and oxygen atoms in total. The fourth-order valence-corrected chi connectivity index (χ4v) is 2.73. The molecular formula is C19H25N7O. The molecule has 142 valence electrons. The largest absolute Gasteiger partial charge is 0.491 e. The predicted octanol–water partition coefficient (Wildman–Crippen LogP) is 2.97. The van der Waals surface area contributed by atoms with Crippen LogP contribution in [0, 0.1) is 12.8 Å². The average molecular weight is 367 g/mol. The van der Waals surface area contributed by atoms with Gasteiger partial charge in [-0.15, -0.1) is 5.10 Å². The van der Waals surface area contributed by atoms with Gasteiger partial charge in [0.05, 0.1) is 6.04 Å². The molecule has 3 rings (SSSR count). The van der Waals surface area contributed by atoms with Gasteiger partial charge in [-0.2, -0.15) is 0 Å². The first kappa shape index (κ1) is 18.8. The van der Waals surface area contributed by atoms with E-state index in [1.54, 1.807) is 6.20 Å². The minimum absolute atomic E-state index is 0.0927. The SMILES string of the molecule is Cc1cc(OC[C@H](C)Nc2ccncn2)cc(-c2nnnn2CC(C)C)c1. The van der Waals surface area contributed by atoms with Gasteiger partial charge in [-0.3, -0.25) is 0 Å². The zero-order chi connectivity index (χ0) is 19.2. The standard InChI is InChI=1S/C19H25N7O/c1-13(2)10-26-19(23-24-25-26)16-7-14(3)8-17(9-16)27-11-15(4)22-18-5-6-20-12-21-18/h5-9,12-13,15H,10-11H2,1-4H3,(H,20,21,22)/t15-/m0/s1. The summed E-state index contributed by atoms with van der Waals surface area (Å²) in [5.41, 5.74) is 2.05. The summed E-state index contributed by atoms with van der Waals surface area (Å²) >= 11 is 0. The molecule has 1 aromatic carbocycles. The molecule has 1 atom stereocenters. The summed E-state index contributed by atoms with van der Waals surface area (Å²) in [4.78, 5) is 8.08. The number of anilines is 1. The summed E-state index contributed by atoms with van der Waals surface area (Å²) in [7, 11) is 0. The zero-order valence-electron chi connectivity index (χ0n) is 16.1. The predicted molar refractivity (Wildman–Crippen MR) is 103 cm³/mol. The number of hydrogen-bond donors (Lipinski definition) is 1. The topological polar surface area (TPSA) is 90.6 Å². The van der Waals surface area contributed by atoms with E-state index in [0.717, 1.165) is 35.1 Å². The maximum atomic E-state index is 6.00. The number of aryl methyl sites for hydroxylation is 1. The number of aromatic nitrogens is 6. The lowest BCUT2D eigenvalue weighted by molar-refractivity contribution is 0.303. The van der Waals surface area contributed by atoms with Gasteiger partial charge in [0.25, 0.3) is 0 Å². The second-order valence-corrected chi connectivity index (χ2v) is 7.06. The van der Waals surface area contributed by atoms with Gasteiger partial charge < -0.3 is 10.1 Å². The first-order valence-electron chi connectivity index (χ1n) is 9.05. The molecule has 0 saturated carbocycles. The third-order valence-electron chi connectivity index (χ3n) is 3.86. The Morgan fingerprint density at radius 2 is 2.04 bits per heavy atom. The Morgan fingerprint density at radius 3 is 2.78 bits per heavy atom. The Hall–Kier alpha value is -3.03. The van der Waals surface area contributed by atoms with Gasteiger partial charge in [-0.05, 0) is 60.0 Å². The van der Waals surface area contributed by atoms with Gasteiger partial charge in [0.2, 0.25) is 0 Å². The average Bonchev–Trinajstić information content (AvgIpc) is 3.08.